The molecule has 1 amide bonds. The van der Waals surface area contributed by atoms with Crippen molar-refractivity contribution >= 4 is 5.91 Å². The van der Waals surface area contributed by atoms with E-state index in [0.717, 1.165) is 25.9 Å². The minimum Gasteiger partial charge on any atom is -0.337 e. The van der Waals surface area contributed by atoms with Gasteiger partial charge in [0.1, 0.15) is 0 Å². The van der Waals surface area contributed by atoms with Gasteiger partial charge in [0.15, 0.2) is 0 Å². The maximum absolute atomic E-state index is 13.2. The van der Waals surface area contributed by atoms with Crippen molar-refractivity contribution in [2.24, 2.45) is 23.5 Å². The lowest BCUT2D eigenvalue weighted by Crippen LogP contribution is -2.59. The molecule has 4 fully saturated rings. The van der Waals surface area contributed by atoms with E-state index in [0.29, 0.717) is 35.9 Å². The topological polar surface area (TPSA) is 49.6 Å². The first kappa shape index (κ1) is 14.9. The van der Waals surface area contributed by atoms with Crippen LogP contribution in [0.1, 0.15) is 51.9 Å². The van der Waals surface area contributed by atoms with Crippen LogP contribution in [0.3, 0.4) is 0 Å². The van der Waals surface area contributed by atoms with Crippen molar-refractivity contribution in [2.45, 2.75) is 70.0 Å². The minimum atomic E-state index is 0.255. The Hall–Kier alpha value is -0.610. The first-order valence-corrected chi connectivity index (χ1v) is 9.43. The molecule has 124 valence electrons. The molecule has 4 rings (SSSR count). The quantitative estimate of drug-likeness (QED) is 0.804. The van der Waals surface area contributed by atoms with Gasteiger partial charge in [0, 0.05) is 37.1 Å². The van der Waals surface area contributed by atoms with Gasteiger partial charge in [0.05, 0.1) is 0 Å². The maximum Gasteiger partial charge on any atom is 0.226 e. The Labute approximate surface area is 134 Å². The molecule has 2 aliphatic carbocycles. The fourth-order valence-corrected chi connectivity index (χ4v) is 5.72. The number of carbonyl (C=O) groups is 1. The standard InChI is InChI=1S/C18H31N3O/c1-12-10-20-7-3-6-16(20)11-21(12)18(22)15-8-13-4-2-5-14(9-15)17(13)19/h12-17H,2-11,19H2,1H3. The van der Waals surface area contributed by atoms with Crippen LogP contribution in [0.4, 0.5) is 0 Å². The van der Waals surface area contributed by atoms with Crippen molar-refractivity contribution in [1.82, 2.24) is 9.80 Å². The SMILES string of the molecule is CC1CN2CCCC2CN1C(=O)C1CC2CCCC(C1)C2N. The van der Waals surface area contributed by atoms with Gasteiger partial charge in [-0.1, -0.05) is 6.42 Å². The summed E-state index contributed by atoms with van der Waals surface area (Å²) in [6.07, 6.45) is 8.49. The molecule has 4 atom stereocenters. The van der Waals surface area contributed by atoms with Gasteiger partial charge in [-0.2, -0.15) is 0 Å². The molecule has 0 spiro atoms. The Kier molecular flexibility index (Phi) is 3.93. The van der Waals surface area contributed by atoms with Crippen molar-refractivity contribution in [3.05, 3.63) is 0 Å². The Morgan fingerprint density at radius 1 is 1.05 bits per heavy atom. The van der Waals surface area contributed by atoms with Crippen LogP contribution in [-0.2, 0) is 4.79 Å². The van der Waals surface area contributed by atoms with Gasteiger partial charge in [-0.3, -0.25) is 9.69 Å². The van der Waals surface area contributed by atoms with E-state index >= 15 is 0 Å². The van der Waals surface area contributed by atoms with Gasteiger partial charge >= 0.3 is 0 Å². The number of nitrogens with zero attached hydrogens (tertiary/aromatic N) is 2. The molecular formula is C18H31N3O. The van der Waals surface area contributed by atoms with Gasteiger partial charge in [-0.05, 0) is 63.8 Å². The van der Waals surface area contributed by atoms with E-state index in [1.807, 2.05) is 0 Å². The number of hydrogen-bond donors (Lipinski definition) is 1. The largest absolute Gasteiger partial charge is 0.337 e. The number of nitrogens with two attached hydrogens (primary N) is 1. The lowest BCUT2D eigenvalue weighted by Gasteiger charge is -2.47. The van der Waals surface area contributed by atoms with E-state index in [-0.39, 0.29) is 5.92 Å². The molecule has 2 aliphatic heterocycles. The molecule has 2 N–H and O–H groups in total. The second-order valence-corrected chi connectivity index (χ2v) is 8.33. The fraction of sp³-hybridized carbons (Fsp3) is 0.944. The molecule has 2 saturated carbocycles. The Balaban J connectivity index is 1.45. The summed E-state index contributed by atoms with van der Waals surface area (Å²) >= 11 is 0. The number of piperazine rings is 1. The number of amides is 1. The highest BCUT2D eigenvalue weighted by molar-refractivity contribution is 5.79. The molecule has 4 unspecified atom stereocenters. The van der Waals surface area contributed by atoms with E-state index in [4.69, 9.17) is 5.73 Å². The first-order chi connectivity index (χ1) is 10.6. The number of hydrogen-bond acceptors (Lipinski definition) is 3. The molecule has 2 bridgehead atoms. The zero-order chi connectivity index (χ0) is 15.3. The molecule has 4 aliphatic rings. The Morgan fingerprint density at radius 2 is 1.77 bits per heavy atom. The second kappa shape index (κ2) is 5.79. The minimum absolute atomic E-state index is 0.255. The van der Waals surface area contributed by atoms with Crippen molar-refractivity contribution in [2.75, 3.05) is 19.6 Å². The van der Waals surface area contributed by atoms with Crippen LogP contribution in [0.25, 0.3) is 0 Å². The highest BCUT2D eigenvalue weighted by Crippen LogP contribution is 2.43. The van der Waals surface area contributed by atoms with Crippen molar-refractivity contribution in [3.63, 3.8) is 0 Å². The van der Waals surface area contributed by atoms with Crippen molar-refractivity contribution < 1.29 is 4.79 Å². The molecule has 4 nitrogen and oxygen atoms in total. The smallest absolute Gasteiger partial charge is 0.226 e. The molecule has 4 heteroatoms. The third kappa shape index (κ3) is 2.48. The van der Waals surface area contributed by atoms with Crippen LogP contribution in [-0.4, -0.2) is 53.5 Å². The van der Waals surface area contributed by atoms with Crippen LogP contribution < -0.4 is 5.73 Å². The second-order valence-electron chi connectivity index (χ2n) is 8.33. The molecular weight excluding hydrogens is 274 g/mol. The summed E-state index contributed by atoms with van der Waals surface area (Å²) in [7, 11) is 0. The van der Waals surface area contributed by atoms with Crippen LogP contribution in [0.5, 0.6) is 0 Å². The average Bonchev–Trinajstić information content (AvgIpc) is 2.92. The number of rotatable bonds is 1. The van der Waals surface area contributed by atoms with Gasteiger partial charge in [-0.25, -0.2) is 0 Å². The van der Waals surface area contributed by atoms with E-state index in [9.17, 15) is 4.79 Å². The zero-order valence-corrected chi connectivity index (χ0v) is 13.9. The van der Waals surface area contributed by atoms with E-state index in [1.54, 1.807) is 0 Å². The van der Waals surface area contributed by atoms with Crippen LogP contribution >= 0.6 is 0 Å². The summed E-state index contributed by atoms with van der Waals surface area (Å²) in [5, 5.41) is 0. The van der Waals surface area contributed by atoms with Gasteiger partial charge in [0.25, 0.3) is 0 Å². The van der Waals surface area contributed by atoms with Gasteiger partial charge in [0.2, 0.25) is 5.91 Å². The Bertz CT molecular complexity index is 426. The third-order valence-corrected chi connectivity index (χ3v) is 6.98. The number of carbonyl (C=O) groups excluding carboxylic acids is 1. The highest BCUT2D eigenvalue weighted by Gasteiger charge is 2.44. The van der Waals surface area contributed by atoms with Crippen LogP contribution in [0.2, 0.25) is 0 Å². The summed E-state index contributed by atoms with van der Waals surface area (Å²) in [5.41, 5.74) is 6.39. The molecule has 0 aromatic rings. The predicted octanol–water partition coefficient (Wildman–Crippen LogP) is 1.84. The summed E-state index contributed by atoms with van der Waals surface area (Å²) in [6, 6.07) is 1.38. The maximum atomic E-state index is 13.2. The van der Waals surface area contributed by atoms with Crippen LogP contribution in [0, 0.1) is 17.8 Å². The molecule has 2 heterocycles. The normalized spacial score (nSPS) is 45.6. The number of fused-ring (bicyclic) bond motifs is 3. The summed E-state index contributed by atoms with van der Waals surface area (Å²) < 4.78 is 0. The van der Waals surface area contributed by atoms with Crippen molar-refractivity contribution in [3.8, 4) is 0 Å². The average molecular weight is 305 g/mol. The van der Waals surface area contributed by atoms with E-state index in [2.05, 4.69) is 16.7 Å². The summed E-state index contributed by atoms with van der Waals surface area (Å²) in [6.45, 7) is 5.52. The van der Waals surface area contributed by atoms with Gasteiger partial charge in [-0.15, -0.1) is 0 Å². The fourth-order valence-electron chi connectivity index (χ4n) is 5.72. The molecule has 0 radical (unpaired) electrons. The monoisotopic (exact) mass is 305 g/mol. The first-order valence-electron chi connectivity index (χ1n) is 9.43. The predicted molar refractivity (Wildman–Crippen MR) is 87.3 cm³/mol. The zero-order valence-electron chi connectivity index (χ0n) is 13.9. The third-order valence-electron chi connectivity index (χ3n) is 6.98. The molecule has 2 saturated heterocycles. The van der Waals surface area contributed by atoms with E-state index in [1.165, 1.54) is 38.6 Å². The molecule has 0 aromatic carbocycles. The Morgan fingerprint density at radius 3 is 2.50 bits per heavy atom. The summed E-state index contributed by atoms with van der Waals surface area (Å²) in [5.74, 6) is 1.91. The molecule has 0 aromatic heterocycles. The van der Waals surface area contributed by atoms with Crippen molar-refractivity contribution in [1.29, 1.82) is 0 Å². The lowest BCUT2D eigenvalue weighted by atomic mass is 9.65. The summed E-state index contributed by atoms with van der Waals surface area (Å²) in [4.78, 5) is 18.0. The van der Waals surface area contributed by atoms with Crippen LogP contribution in [0.15, 0.2) is 0 Å². The molecule has 22 heavy (non-hydrogen) atoms. The van der Waals surface area contributed by atoms with Gasteiger partial charge < -0.3 is 10.6 Å². The van der Waals surface area contributed by atoms with E-state index < -0.39 is 0 Å². The highest BCUT2D eigenvalue weighted by atomic mass is 16.2. The lowest BCUT2D eigenvalue weighted by molar-refractivity contribution is -0.144.